The number of carbonyl (C=O) groups is 1. The summed E-state index contributed by atoms with van der Waals surface area (Å²) in [6.45, 7) is 7.08. The lowest BCUT2D eigenvalue weighted by Crippen LogP contribution is -2.28. The first-order chi connectivity index (χ1) is 8.12. The van der Waals surface area contributed by atoms with Crippen molar-refractivity contribution in [1.29, 1.82) is 0 Å². The highest BCUT2D eigenvalue weighted by Gasteiger charge is 2.27. The fourth-order valence-corrected chi connectivity index (χ4v) is 3.21. The fourth-order valence-electron chi connectivity index (χ4n) is 1.48. The maximum atomic E-state index is 12.0. The second-order valence-electron chi connectivity index (χ2n) is 5.63. The van der Waals surface area contributed by atoms with Gasteiger partial charge in [-0.25, -0.2) is 8.42 Å². The molecule has 1 aromatic carbocycles. The number of benzene rings is 1. The summed E-state index contributed by atoms with van der Waals surface area (Å²) in [4.78, 5) is 11.8. The first-order valence-corrected chi connectivity index (χ1v) is 7.72. The summed E-state index contributed by atoms with van der Waals surface area (Å²) < 4.78 is 24.0. The molecule has 1 rings (SSSR count). The quantitative estimate of drug-likeness (QED) is 0.843. The second-order valence-corrected chi connectivity index (χ2v) is 7.70. The Bertz CT molecular complexity index is 536. The summed E-state index contributed by atoms with van der Waals surface area (Å²) in [6.07, 6.45) is 0. The van der Waals surface area contributed by atoms with E-state index < -0.39 is 15.3 Å². The smallest absolute Gasteiger partial charge is 0.161 e. The lowest BCUT2D eigenvalue weighted by Gasteiger charge is -2.16. The van der Waals surface area contributed by atoms with E-state index in [4.69, 9.17) is 0 Å². The van der Waals surface area contributed by atoms with E-state index in [0.29, 0.717) is 0 Å². The molecule has 0 aliphatic heterocycles. The first-order valence-electron chi connectivity index (χ1n) is 5.90. The highest BCUT2D eigenvalue weighted by molar-refractivity contribution is 7.91. The van der Waals surface area contributed by atoms with Crippen LogP contribution in [0.1, 0.15) is 31.9 Å². The van der Waals surface area contributed by atoms with E-state index in [-0.39, 0.29) is 17.3 Å². The number of Topliss-reactive ketones (excluding diaryl/α,β-unsaturated/α-hetero) is 1. The average molecular weight is 268 g/mol. The van der Waals surface area contributed by atoms with Crippen molar-refractivity contribution in [3.63, 3.8) is 0 Å². The van der Waals surface area contributed by atoms with Gasteiger partial charge in [0, 0.05) is 5.41 Å². The minimum atomic E-state index is -3.39. The van der Waals surface area contributed by atoms with Crippen LogP contribution in [0.3, 0.4) is 0 Å². The van der Waals surface area contributed by atoms with Gasteiger partial charge in [0.25, 0.3) is 0 Å². The van der Waals surface area contributed by atoms with Gasteiger partial charge in [0.15, 0.2) is 15.6 Å². The number of hydrogen-bond acceptors (Lipinski definition) is 3. The molecule has 0 aromatic heterocycles. The Morgan fingerprint density at radius 2 is 1.72 bits per heavy atom. The summed E-state index contributed by atoms with van der Waals surface area (Å²) in [5.41, 5.74) is 1.09. The van der Waals surface area contributed by atoms with E-state index >= 15 is 0 Å². The molecule has 18 heavy (non-hydrogen) atoms. The Morgan fingerprint density at radius 3 is 2.22 bits per heavy atom. The van der Waals surface area contributed by atoms with Crippen LogP contribution in [0.4, 0.5) is 0 Å². The van der Waals surface area contributed by atoms with Gasteiger partial charge in [-0.15, -0.1) is 0 Å². The maximum absolute atomic E-state index is 12.0. The summed E-state index contributed by atoms with van der Waals surface area (Å²) in [5.74, 6) is -0.692. The van der Waals surface area contributed by atoms with Crippen LogP contribution in [0.2, 0.25) is 0 Å². The van der Waals surface area contributed by atoms with E-state index in [1.165, 1.54) is 0 Å². The predicted octanol–water partition coefficient (Wildman–Crippen LogP) is 2.53. The Kier molecular flexibility index (Phi) is 4.32. The number of ketones is 1. The van der Waals surface area contributed by atoms with Crippen molar-refractivity contribution < 1.29 is 13.2 Å². The van der Waals surface area contributed by atoms with Gasteiger partial charge in [0.05, 0.1) is 5.75 Å². The normalized spacial score (nSPS) is 12.4. The van der Waals surface area contributed by atoms with E-state index in [9.17, 15) is 13.2 Å². The summed E-state index contributed by atoms with van der Waals surface area (Å²) in [7, 11) is -3.39. The lowest BCUT2D eigenvalue weighted by atomic mass is 9.92. The van der Waals surface area contributed by atoms with E-state index in [1.807, 2.05) is 25.1 Å². The number of sulfone groups is 1. The van der Waals surface area contributed by atoms with Crippen LogP contribution in [0.5, 0.6) is 0 Å². The van der Waals surface area contributed by atoms with Gasteiger partial charge >= 0.3 is 0 Å². The Morgan fingerprint density at radius 1 is 1.17 bits per heavy atom. The monoisotopic (exact) mass is 268 g/mol. The van der Waals surface area contributed by atoms with E-state index in [2.05, 4.69) is 0 Å². The number of aryl methyl sites for hydroxylation is 1. The molecular weight excluding hydrogens is 248 g/mol. The third-order valence-corrected chi connectivity index (χ3v) is 4.28. The van der Waals surface area contributed by atoms with Crippen LogP contribution in [0.15, 0.2) is 24.3 Å². The minimum Gasteiger partial charge on any atom is -0.298 e. The van der Waals surface area contributed by atoms with Crippen molar-refractivity contribution in [2.45, 2.75) is 33.4 Å². The van der Waals surface area contributed by atoms with Crippen molar-refractivity contribution in [2.75, 3.05) is 5.75 Å². The molecule has 0 N–H and O–H groups in total. The van der Waals surface area contributed by atoms with Gasteiger partial charge in [-0.1, -0.05) is 45.0 Å². The maximum Gasteiger partial charge on any atom is 0.161 e. The van der Waals surface area contributed by atoms with Crippen molar-refractivity contribution in [1.82, 2.24) is 0 Å². The number of rotatable bonds is 4. The molecule has 100 valence electrons. The van der Waals surface area contributed by atoms with Crippen LogP contribution in [-0.2, 0) is 20.4 Å². The number of carbonyl (C=O) groups excluding carboxylic acids is 1. The Hall–Kier alpha value is -1.16. The van der Waals surface area contributed by atoms with Crippen LogP contribution in [0.25, 0.3) is 0 Å². The van der Waals surface area contributed by atoms with Crippen molar-refractivity contribution in [2.24, 2.45) is 5.41 Å². The summed E-state index contributed by atoms with van der Waals surface area (Å²) in [6, 6.07) is 7.33. The van der Waals surface area contributed by atoms with Crippen LogP contribution >= 0.6 is 0 Å². The molecule has 0 amide bonds. The van der Waals surface area contributed by atoms with Crippen LogP contribution in [-0.4, -0.2) is 20.0 Å². The molecule has 0 aliphatic carbocycles. The molecule has 0 spiro atoms. The molecule has 0 bridgehead atoms. The van der Waals surface area contributed by atoms with Gasteiger partial charge < -0.3 is 0 Å². The van der Waals surface area contributed by atoms with Crippen LogP contribution in [0, 0.1) is 12.3 Å². The van der Waals surface area contributed by atoms with E-state index in [1.54, 1.807) is 26.8 Å². The van der Waals surface area contributed by atoms with Crippen molar-refractivity contribution >= 4 is 15.6 Å². The third-order valence-electron chi connectivity index (χ3n) is 2.82. The second kappa shape index (κ2) is 5.22. The standard InChI is InChI=1S/C14H20O3S/c1-11-7-5-6-8-12(11)9-18(16,17)10-13(15)14(2,3)4/h5-8H,9-10H2,1-4H3. The molecule has 0 aliphatic rings. The molecule has 1 aromatic rings. The zero-order valence-corrected chi connectivity index (χ0v) is 12.2. The Balaban J connectivity index is 2.85. The zero-order chi connectivity index (χ0) is 14.0. The molecule has 0 atom stereocenters. The molecule has 0 saturated carbocycles. The zero-order valence-electron chi connectivity index (χ0n) is 11.4. The fraction of sp³-hybridized carbons (Fsp3) is 0.500. The SMILES string of the molecule is Cc1ccccc1CS(=O)(=O)CC(=O)C(C)(C)C. The molecule has 0 unspecified atom stereocenters. The molecule has 0 fully saturated rings. The third kappa shape index (κ3) is 4.26. The molecule has 4 heteroatoms. The molecular formula is C14H20O3S. The summed E-state index contributed by atoms with van der Waals surface area (Å²) in [5, 5.41) is 0. The molecule has 0 saturated heterocycles. The van der Waals surface area contributed by atoms with Crippen molar-refractivity contribution in [3.05, 3.63) is 35.4 Å². The largest absolute Gasteiger partial charge is 0.298 e. The topological polar surface area (TPSA) is 51.2 Å². The highest BCUT2D eigenvalue weighted by Crippen LogP contribution is 2.18. The van der Waals surface area contributed by atoms with Gasteiger partial charge in [0.1, 0.15) is 5.75 Å². The number of hydrogen-bond donors (Lipinski definition) is 0. The minimum absolute atomic E-state index is 0.0680. The first kappa shape index (κ1) is 14.9. The highest BCUT2D eigenvalue weighted by atomic mass is 32.2. The van der Waals surface area contributed by atoms with Gasteiger partial charge in [-0.2, -0.15) is 0 Å². The van der Waals surface area contributed by atoms with Gasteiger partial charge in [0.2, 0.25) is 0 Å². The van der Waals surface area contributed by atoms with Crippen molar-refractivity contribution in [3.8, 4) is 0 Å². The predicted molar refractivity (Wildman–Crippen MR) is 73.1 cm³/mol. The Labute approximate surface area is 109 Å². The van der Waals surface area contributed by atoms with Crippen LogP contribution < -0.4 is 0 Å². The average Bonchev–Trinajstić information content (AvgIpc) is 2.19. The molecule has 3 nitrogen and oxygen atoms in total. The molecule has 0 heterocycles. The molecule has 0 radical (unpaired) electrons. The van der Waals surface area contributed by atoms with Gasteiger partial charge in [-0.05, 0) is 18.1 Å². The van der Waals surface area contributed by atoms with E-state index in [0.717, 1.165) is 11.1 Å². The lowest BCUT2D eigenvalue weighted by molar-refractivity contribution is -0.123. The van der Waals surface area contributed by atoms with Gasteiger partial charge in [-0.3, -0.25) is 4.79 Å². The summed E-state index contributed by atoms with van der Waals surface area (Å²) >= 11 is 0.